The largest absolute Gasteiger partial charge is 0.388 e. The van der Waals surface area contributed by atoms with Crippen LogP contribution in [0.1, 0.15) is 46.0 Å². The molecule has 0 spiro atoms. The molecule has 1 fully saturated rings. The van der Waals surface area contributed by atoms with E-state index in [4.69, 9.17) is 4.74 Å². The summed E-state index contributed by atoms with van der Waals surface area (Å²) in [5.74, 6) is -0.138. The van der Waals surface area contributed by atoms with Crippen molar-refractivity contribution in [1.82, 2.24) is 5.32 Å². The Hall–Kier alpha value is -0.610. The third-order valence-electron chi connectivity index (χ3n) is 3.16. The van der Waals surface area contributed by atoms with Gasteiger partial charge in [-0.3, -0.25) is 4.79 Å². The third kappa shape index (κ3) is 4.10. The van der Waals surface area contributed by atoms with Crippen LogP contribution in [0.2, 0.25) is 0 Å². The highest BCUT2D eigenvalue weighted by atomic mass is 16.5. The summed E-state index contributed by atoms with van der Waals surface area (Å²) in [6, 6.07) is 0. The predicted molar refractivity (Wildman–Crippen MR) is 62.1 cm³/mol. The van der Waals surface area contributed by atoms with Crippen LogP contribution in [-0.4, -0.2) is 35.9 Å². The second kappa shape index (κ2) is 6.21. The number of nitrogens with one attached hydrogen (secondary N) is 1. The van der Waals surface area contributed by atoms with Crippen LogP contribution in [0.5, 0.6) is 0 Å². The average Bonchev–Trinajstić information content (AvgIpc) is 2.27. The van der Waals surface area contributed by atoms with E-state index >= 15 is 0 Å². The van der Waals surface area contributed by atoms with Gasteiger partial charge in [-0.05, 0) is 26.7 Å². The number of ether oxygens (including phenoxy) is 1. The molecule has 1 saturated carbocycles. The molecule has 4 nitrogen and oxygen atoms in total. The van der Waals surface area contributed by atoms with Crippen LogP contribution < -0.4 is 5.32 Å². The number of hydrogen-bond donors (Lipinski definition) is 2. The summed E-state index contributed by atoms with van der Waals surface area (Å²) in [4.78, 5) is 11.6. The van der Waals surface area contributed by atoms with Gasteiger partial charge >= 0.3 is 0 Å². The van der Waals surface area contributed by atoms with E-state index in [1.807, 2.05) is 6.92 Å². The summed E-state index contributed by atoms with van der Waals surface area (Å²) < 4.78 is 5.18. The second-order valence-electron chi connectivity index (χ2n) is 4.60. The molecule has 0 aliphatic heterocycles. The third-order valence-corrected chi connectivity index (χ3v) is 3.16. The first-order chi connectivity index (χ1) is 7.57. The Morgan fingerprint density at radius 1 is 1.44 bits per heavy atom. The van der Waals surface area contributed by atoms with Crippen molar-refractivity contribution in [1.29, 1.82) is 0 Å². The molecule has 1 amide bonds. The lowest BCUT2D eigenvalue weighted by molar-refractivity contribution is -0.133. The van der Waals surface area contributed by atoms with Crippen LogP contribution in [0.15, 0.2) is 0 Å². The quantitative estimate of drug-likeness (QED) is 0.745. The maximum atomic E-state index is 11.6. The van der Waals surface area contributed by atoms with Gasteiger partial charge in [-0.25, -0.2) is 0 Å². The van der Waals surface area contributed by atoms with Gasteiger partial charge in [0.25, 0.3) is 0 Å². The number of aliphatic hydroxyl groups is 1. The van der Waals surface area contributed by atoms with Crippen LogP contribution >= 0.6 is 0 Å². The first kappa shape index (κ1) is 13.5. The van der Waals surface area contributed by atoms with Gasteiger partial charge in [0.15, 0.2) is 0 Å². The summed E-state index contributed by atoms with van der Waals surface area (Å²) >= 11 is 0. The number of carbonyl (C=O) groups is 1. The molecule has 4 heteroatoms. The zero-order valence-electron chi connectivity index (χ0n) is 10.3. The number of carbonyl (C=O) groups excluding carboxylic acids is 1. The maximum Gasteiger partial charge on any atom is 0.248 e. The predicted octanol–water partition coefficient (Wildman–Crippen LogP) is 1.22. The van der Waals surface area contributed by atoms with E-state index in [1.165, 1.54) is 6.42 Å². The van der Waals surface area contributed by atoms with Gasteiger partial charge in [0, 0.05) is 13.2 Å². The van der Waals surface area contributed by atoms with Crippen molar-refractivity contribution >= 4 is 5.91 Å². The smallest absolute Gasteiger partial charge is 0.248 e. The number of amides is 1. The topological polar surface area (TPSA) is 58.6 Å². The summed E-state index contributed by atoms with van der Waals surface area (Å²) in [6.07, 6.45) is 4.43. The molecule has 0 bridgehead atoms. The van der Waals surface area contributed by atoms with E-state index in [1.54, 1.807) is 6.92 Å². The van der Waals surface area contributed by atoms with Gasteiger partial charge in [-0.15, -0.1) is 0 Å². The molecule has 1 rings (SSSR count). The van der Waals surface area contributed by atoms with Gasteiger partial charge in [0.2, 0.25) is 5.91 Å². The Morgan fingerprint density at radius 2 is 2.06 bits per heavy atom. The van der Waals surface area contributed by atoms with Gasteiger partial charge in [0.05, 0.1) is 5.60 Å². The van der Waals surface area contributed by atoms with E-state index in [-0.39, 0.29) is 5.91 Å². The van der Waals surface area contributed by atoms with Gasteiger partial charge in [-0.2, -0.15) is 0 Å². The molecule has 0 aromatic carbocycles. The molecule has 0 aromatic rings. The summed E-state index contributed by atoms with van der Waals surface area (Å²) in [5.41, 5.74) is -0.695. The van der Waals surface area contributed by atoms with Gasteiger partial charge < -0.3 is 15.2 Å². The summed E-state index contributed by atoms with van der Waals surface area (Å²) in [7, 11) is 0. The minimum absolute atomic E-state index is 0.138. The zero-order chi connectivity index (χ0) is 12.0. The Kier molecular flexibility index (Phi) is 5.22. The summed E-state index contributed by atoms with van der Waals surface area (Å²) in [6.45, 7) is 4.46. The zero-order valence-corrected chi connectivity index (χ0v) is 10.3. The van der Waals surface area contributed by atoms with Gasteiger partial charge in [-0.1, -0.05) is 19.3 Å². The Morgan fingerprint density at radius 3 is 2.62 bits per heavy atom. The van der Waals surface area contributed by atoms with Crippen molar-refractivity contribution in [2.75, 3.05) is 13.2 Å². The van der Waals surface area contributed by atoms with Crippen molar-refractivity contribution in [2.24, 2.45) is 0 Å². The molecule has 0 radical (unpaired) electrons. The van der Waals surface area contributed by atoms with E-state index in [9.17, 15) is 9.90 Å². The van der Waals surface area contributed by atoms with Crippen molar-refractivity contribution in [3.63, 3.8) is 0 Å². The molecule has 2 N–H and O–H groups in total. The Bertz CT molecular complexity index is 224. The fourth-order valence-corrected chi connectivity index (χ4v) is 2.11. The number of hydrogen-bond acceptors (Lipinski definition) is 3. The molecule has 0 aromatic heterocycles. The first-order valence-corrected chi connectivity index (χ1v) is 6.19. The molecule has 0 heterocycles. The van der Waals surface area contributed by atoms with E-state index in [2.05, 4.69) is 5.32 Å². The van der Waals surface area contributed by atoms with E-state index < -0.39 is 11.7 Å². The van der Waals surface area contributed by atoms with Gasteiger partial charge in [0.1, 0.15) is 6.10 Å². The molecule has 1 unspecified atom stereocenters. The standard InChI is InChI=1S/C12H23NO3/c1-3-16-10(2)11(14)13-9-12(15)7-5-4-6-8-12/h10,15H,3-9H2,1-2H3,(H,13,14). The molecule has 94 valence electrons. The SMILES string of the molecule is CCOC(C)C(=O)NCC1(O)CCCCC1. The van der Waals surface area contributed by atoms with E-state index in [0.29, 0.717) is 13.2 Å². The van der Waals surface area contributed by atoms with Crippen molar-refractivity contribution in [3.8, 4) is 0 Å². The van der Waals surface area contributed by atoms with E-state index in [0.717, 1.165) is 25.7 Å². The highest BCUT2D eigenvalue weighted by molar-refractivity contribution is 5.80. The Balaban J connectivity index is 2.29. The highest BCUT2D eigenvalue weighted by Crippen LogP contribution is 2.27. The molecular formula is C12H23NO3. The van der Waals surface area contributed by atoms with Crippen LogP contribution in [0, 0.1) is 0 Å². The second-order valence-corrected chi connectivity index (χ2v) is 4.60. The highest BCUT2D eigenvalue weighted by Gasteiger charge is 2.29. The lowest BCUT2D eigenvalue weighted by atomic mass is 9.85. The molecule has 16 heavy (non-hydrogen) atoms. The molecule has 1 aliphatic rings. The number of rotatable bonds is 5. The minimum Gasteiger partial charge on any atom is -0.388 e. The average molecular weight is 229 g/mol. The molecule has 1 aliphatic carbocycles. The fourth-order valence-electron chi connectivity index (χ4n) is 2.11. The maximum absolute atomic E-state index is 11.6. The fraction of sp³-hybridized carbons (Fsp3) is 0.917. The summed E-state index contributed by atoms with van der Waals surface area (Å²) in [5, 5.41) is 12.9. The van der Waals surface area contributed by atoms with Crippen molar-refractivity contribution in [3.05, 3.63) is 0 Å². The van der Waals surface area contributed by atoms with Crippen molar-refractivity contribution < 1.29 is 14.6 Å². The van der Waals surface area contributed by atoms with Crippen LogP contribution in [0.4, 0.5) is 0 Å². The normalized spacial score (nSPS) is 21.4. The molecule has 1 atom stereocenters. The lowest BCUT2D eigenvalue weighted by Gasteiger charge is -2.32. The van der Waals surface area contributed by atoms with Crippen LogP contribution in [0.25, 0.3) is 0 Å². The van der Waals surface area contributed by atoms with Crippen molar-refractivity contribution in [2.45, 2.75) is 57.7 Å². The monoisotopic (exact) mass is 229 g/mol. The minimum atomic E-state index is -0.695. The van der Waals surface area contributed by atoms with Crippen LogP contribution in [-0.2, 0) is 9.53 Å². The molecular weight excluding hydrogens is 206 g/mol. The first-order valence-electron chi connectivity index (χ1n) is 6.19. The lowest BCUT2D eigenvalue weighted by Crippen LogP contribution is -2.46. The Labute approximate surface area is 97.4 Å². The molecule has 0 saturated heterocycles. The van der Waals surface area contributed by atoms with Crippen LogP contribution in [0.3, 0.4) is 0 Å².